The van der Waals surface area contributed by atoms with Crippen LogP contribution in [0.1, 0.15) is 23.0 Å². The summed E-state index contributed by atoms with van der Waals surface area (Å²) in [5.74, 6) is -0.206. The van der Waals surface area contributed by atoms with Crippen molar-refractivity contribution in [3.05, 3.63) is 71.1 Å². The van der Waals surface area contributed by atoms with Gasteiger partial charge in [-0.1, -0.05) is 23.7 Å². The fourth-order valence-electron chi connectivity index (χ4n) is 2.42. The molecule has 0 atom stereocenters. The van der Waals surface area contributed by atoms with Gasteiger partial charge in [0.25, 0.3) is 5.91 Å². The lowest BCUT2D eigenvalue weighted by atomic mass is 10.1. The Hall–Kier alpha value is -2.66. The maximum atomic E-state index is 12.4. The summed E-state index contributed by atoms with van der Waals surface area (Å²) in [7, 11) is 0. The molecule has 0 aliphatic heterocycles. The second kappa shape index (κ2) is 7.27. The maximum absolute atomic E-state index is 12.4. The number of carbonyl (C=O) groups is 1. The number of amides is 1. The molecule has 122 valence electrons. The maximum Gasteiger partial charge on any atom is 0.272 e. The molecule has 0 unspecified atom stereocenters. The van der Waals surface area contributed by atoms with E-state index in [1.807, 2.05) is 43.3 Å². The van der Waals surface area contributed by atoms with Crippen molar-refractivity contribution in [3.63, 3.8) is 0 Å². The third kappa shape index (κ3) is 3.63. The van der Waals surface area contributed by atoms with Crippen LogP contribution in [0.3, 0.4) is 0 Å². The number of rotatable bonds is 5. The number of carbonyl (C=O) groups excluding carboxylic acids is 1. The van der Waals surface area contributed by atoms with Gasteiger partial charge in [-0.3, -0.25) is 14.5 Å². The van der Waals surface area contributed by atoms with E-state index >= 15 is 0 Å². The summed E-state index contributed by atoms with van der Waals surface area (Å²) in [6.45, 7) is 3.09. The van der Waals surface area contributed by atoms with Gasteiger partial charge in [0.15, 0.2) is 5.69 Å². The molecule has 0 saturated carbocycles. The van der Waals surface area contributed by atoms with Gasteiger partial charge in [-0.2, -0.15) is 5.10 Å². The molecular formula is C18H17ClN4O. The molecule has 6 heteroatoms. The van der Waals surface area contributed by atoms with Gasteiger partial charge in [0, 0.05) is 36.1 Å². The van der Waals surface area contributed by atoms with Crippen molar-refractivity contribution in [2.45, 2.75) is 20.0 Å². The quantitative estimate of drug-likeness (QED) is 0.772. The van der Waals surface area contributed by atoms with Gasteiger partial charge >= 0.3 is 0 Å². The first-order valence-electron chi connectivity index (χ1n) is 7.68. The number of aryl methyl sites for hydroxylation is 1. The average molecular weight is 341 g/mol. The average Bonchev–Trinajstić information content (AvgIpc) is 3.05. The van der Waals surface area contributed by atoms with Gasteiger partial charge in [0.05, 0.1) is 5.69 Å². The van der Waals surface area contributed by atoms with Crippen LogP contribution in [0, 0.1) is 0 Å². The topological polar surface area (TPSA) is 59.8 Å². The molecule has 1 aromatic carbocycles. The number of nitrogens with one attached hydrogen (secondary N) is 1. The highest BCUT2D eigenvalue weighted by Crippen LogP contribution is 2.23. The van der Waals surface area contributed by atoms with Gasteiger partial charge in [0.2, 0.25) is 0 Å². The second-order valence-corrected chi connectivity index (χ2v) is 5.72. The standard InChI is InChI=1S/C18H17ClN4O/c1-2-23-17(14-4-3-5-15(19)10-14)11-16(22-23)18(24)21-12-13-6-8-20-9-7-13/h3-11H,2,12H2,1H3,(H,21,24). The Labute approximate surface area is 145 Å². The first kappa shape index (κ1) is 16.2. The minimum Gasteiger partial charge on any atom is -0.347 e. The molecular weight excluding hydrogens is 324 g/mol. The Morgan fingerprint density at radius 1 is 1.21 bits per heavy atom. The summed E-state index contributed by atoms with van der Waals surface area (Å²) in [5, 5.41) is 7.92. The number of pyridine rings is 1. The van der Waals surface area contributed by atoms with Crippen LogP contribution in [-0.4, -0.2) is 20.7 Å². The Kier molecular flexibility index (Phi) is 4.91. The zero-order valence-electron chi connectivity index (χ0n) is 13.2. The molecule has 0 bridgehead atoms. The van der Waals surface area contributed by atoms with Crippen LogP contribution >= 0.6 is 11.6 Å². The molecule has 1 N–H and O–H groups in total. The zero-order valence-corrected chi connectivity index (χ0v) is 14.0. The number of aromatic nitrogens is 3. The van der Waals surface area contributed by atoms with Crippen molar-refractivity contribution in [1.82, 2.24) is 20.1 Å². The largest absolute Gasteiger partial charge is 0.347 e. The lowest BCUT2D eigenvalue weighted by Crippen LogP contribution is -2.23. The summed E-state index contributed by atoms with van der Waals surface area (Å²) in [4.78, 5) is 16.3. The van der Waals surface area contributed by atoms with E-state index in [-0.39, 0.29) is 5.91 Å². The van der Waals surface area contributed by atoms with Crippen LogP contribution in [0.2, 0.25) is 5.02 Å². The molecule has 0 fully saturated rings. The normalized spacial score (nSPS) is 10.6. The van der Waals surface area contributed by atoms with E-state index in [1.54, 1.807) is 23.1 Å². The lowest BCUT2D eigenvalue weighted by molar-refractivity contribution is 0.0945. The molecule has 0 radical (unpaired) electrons. The van der Waals surface area contributed by atoms with Crippen LogP contribution in [0.15, 0.2) is 54.9 Å². The first-order valence-corrected chi connectivity index (χ1v) is 8.06. The highest BCUT2D eigenvalue weighted by molar-refractivity contribution is 6.30. The SMILES string of the molecule is CCn1nc(C(=O)NCc2ccncc2)cc1-c1cccc(Cl)c1. The Balaban J connectivity index is 1.80. The molecule has 3 aromatic rings. The van der Waals surface area contributed by atoms with E-state index in [4.69, 9.17) is 11.6 Å². The van der Waals surface area contributed by atoms with Crippen LogP contribution in [0.4, 0.5) is 0 Å². The number of nitrogens with zero attached hydrogens (tertiary/aromatic N) is 3. The van der Waals surface area contributed by atoms with Gasteiger partial charge < -0.3 is 5.32 Å². The highest BCUT2D eigenvalue weighted by atomic mass is 35.5. The van der Waals surface area contributed by atoms with Crippen molar-refractivity contribution in [2.75, 3.05) is 0 Å². The van der Waals surface area contributed by atoms with Crippen molar-refractivity contribution in [3.8, 4) is 11.3 Å². The van der Waals surface area contributed by atoms with E-state index in [2.05, 4.69) is 15.4 Å². The van der Waals surface area contributed by atoms with Crippen LogP contribution < -0.4 is 5.32 Å². The minimum atomic E-state index is -0.206. The van der Waals surface area contributed by atoms with E-state index in [1.165, 1.54) is 0 Å². The predicted molar refractivity (Wildman–Crippen MR) is 93.8 cm³/mol. The van der Waals surface area contributed by atoms with E-state index in [0.29, 0.717) is 23.8 Å². The molecule has 0 saturated heterocycles. The van der Waals surface area contributed by atoms with Crippen molar-refractivity contribution in [2.24, 2.45) is 0 Å². The predicted octanol–water partition coefficient (Wildman–Crippen LogP) is 3.55. The summed E-state index contributed by atoms with van der Waals surface area (Å²) in [5.41, 5.74) is 3.18. The van der Waals surface area contributed by atoms with Crippen molar-refractivity contribution >= 4 is 17.5 Å². The van der Waals surface area contributed by atoms with Crippen molar-refractivity contribution < 1.29 is 4.79 Å². The smallest absolute Gasteiger partial charge is 0.272 e. The second-order valence-electron chi connectivity index (χ2n) is 5.28. The molecule has 3 rings (SSSR count). The van der Waals surface area contributed by atoms with Crippen LogP contribution in [-0.2, 0) is 13.1 Å². The molecule has 0 spiro atoms. The summed E-state index contributed by atoms with van der Waals surface area (Å²) < 4.78 is 1.80. The lowest BCUT2D eigenvalue weighted by Gasteiger charge is -2.04. The zero-order chi connectivity index (χ0) is 16.9. The van der Waals surface area contributed by atoms with Gasteiger partial charge in [0.1, 0.15) is 0 Å². The number of hydrogen-bond acceptors (Lipinski definition) is 3. The number of benzene rings is 1. The molecule has 2 aromatic heterocycles. The highest BCUT2D eigenvalue weighted by Gasteiger charge is 2.15. The van der Waals surface area contributed by atoms with Crippen LogP contribution in [0.25, 0.3) is 11.3 Å². The van der Waals surface area contributed by atoms with Gasteiger partial charge in [-0.15, -0.1) is 0 Å². The van der Waals surface area contributed by atoms with Gasteiger partial charge in [-0.05, 0) is 42.8 Å². The minimum absolute atomic E-state index is 0.206. The molecule has 2 heterocycles. The Morgan fingerprint density at radius 2 is 2.00 bits per heavy atom. The van der Waals surface area contributed by atoms with E-state index in [0.717, 1.165) is 16.8 Å². The Morgan fingerprint density at radius 3 is 2.71 bits per heavy atom. The molecule has 5 nitrogen and oxygen atoms in total. The molecule has 0 aliphatic rings. The number of halogens is 1. The van der Waals surface area contributed by atoms with Crippen LogP contribution in [0.5, 0.6) is 0 Å². The summed E-state index contributed by atoms with van der Waals surface area (Å²) in [6, 6.07) is 13.0. The number of hydrogen-bond donors (Lipinski definition) is 1. The van der Waals surface area contributed by atoms with Crippen molar-refractivity contribution in [1.29, 1.82) is 0 Å². The monoisotopic (exact) mass is 340 g/mol. The first-order chi connectivity index (χ1) is 11.7. The van der Waals surface area contributed by atoms with Gasteiger partial charge in [-0.25, -0.2) is 0 Å². The fourth-order valence-corrected chi connectivity index (χ4v) is 2.61. The van der Waals surface area contributed by atoms with E-state index < -0.39 is 0 Å². The third-order valence-corrected chi connectivity index (χ3v) is 3.87. The molecule has 24 heavy (non-hydrogen) atoms. The molecule has 1 amide bonds. The Bertz CT molecular complexity index is 845. The summed E-state index contributed by atoms with van der Waals surface area (Å²) >= 11 is 6.06. The summed E-state index contributed by atoms with van der Waals surface area (Å²) in [6.07, 6.45) is 3.40. The van der Waals surface area contributed by atoms with E-state index in [9.17, 15) is 4.79 Å². The third-order valence-electron chi connectivity index (χ3n) is 3.63. The molecule has 0 aliphatic carbocycles. The fraction of sp³-hybridized carbons (Fsp3) is 0.167.